The van der Waals surface area contributed by atoms with Crippen LogP contribution in [0.2, 0.25) is 0 Å². The van der Waals surface area contributed by atoms with E-state index in [1.165, 1.54) is 6.07 Å². The van der Waals surface area contributed by atoms with Crippen molar-refractivity contribution in [1.29, 1.82) is 0 Å². The van der Waals surface area contributed by atoms with E-state index < -0.39 is 11.7 Å². The average Bonchev–Trinajstić information content (AvgIpc) is 3.26. The Morgan fingerprint density at radius 1 is 1.20 bits per heavy atom. The highest BCUT2D eigenvalue weighted by Gasteiger charge is 2.37. The van der Waals surface area contributed by atoms with Crippen LogP contribution in [0.4, 0.5) is 13.2 Å². The van der Waals surface area contributed by atoms with Gasteiger partial charge in [0, 0.05) is 38.3 Å². The second-order valence-electron chi connectivity index (χ2n) is 8.74. The lowest BCUT2D eigenvalue weighted by molar-refractivity contribution is -0.138. The summed E-state index contributed by atoms with van der Waals surface area (Å²) >= 11 is 0. The highest BCUT2D eigenvalue weighted by atomic mass is 19.4. The first kappa shape index (κ1) is 20.9. The number of halogens is 3. The zero-order valence-electron chi connectivity index (χ0n) is 17.3. The van der Waals surface area contributed by atoms with Gasteiger partial charge in [-0.15, -0.1) is 0 Å². The quantitative estimate of drug-likeness (QED) is 0.797. The molecule has 1 aromatic heterocycles. The number of carbonyl (C=O) groups is 1. The van der Waals surface area contributed by atoms with Gasteiger partial charge >= 0.3 is 6.18 Å². The maximum atomic E-state index is 13.4. The van der Waals surface area contributed by atoms with Crippen LogP contribution in [-0.4, -0.2) is 45.5 Å². The third-order valence-electron chi connectivity index (χ3n) is 6.03. The summed E-state index contributed by atoms with van der Waals surface area (Å²) < 4.78 is 40.1. The Morgan fingerprint density at radius 2 is 1.90 bits per heavy atom. The van der Waals surface area contributed by atoms with Crippen molar-refractivity contribution in [3.8, 4) is 0 Å². The molecule has 0 unspecified atom stereocenters. The van der Waals surface area contributed by atoms with E-state index in [9.17, 15) is 18.0 Å². The summed E-state index contributed by atoms with van der Waals surface area (Å²) in [7, 11) is 0. The topological polar surface area (TPSA) is 52.2 Å². The van der Waals surface area contributed by atoms with Crippen molar-refractivity contribution in [2.45, 2.75) is 51.9 Å². The van der Waals surface area contributed by atoms with Crippen LogP contribution in [0.3, 0.4) is 0 Å². The summed E-state index contributed by atoms with van der Waals surface area (Å²) in [5.41, 5.74) is 2.19. The van der Waals surface area contributed by atoms with Gasteiger partial charge in [0.1, 0.15) is 0 Å². The van der Waals surface area contributed by atoms with E-state index in [2.05, 4.69) is 28.9 Å². The maximum absolute atomic E-state index is 13.4. The van der Waals surface area contributed by atoms with E-state index in [-0.39, 0.29) is 11.8 Å². The van der Waals surface area contributed by atoms with Crippen molar-refractivity contribution in [2.24, 2.45) is 5.92 Å². The van der Waals surface area contributed by atoms with Crippen molar-refractivity contribution >= 4 is 5.91 Å². The molecule has 30 heavy (non-hydrogen) atoms. The number of aromatic amines is 1. The molecule has 2 aliphatic heterocycles. The first-order valence-corrected chi connectivity index (χ1v) is 10.5. The smallest absolute Gasteiger partial charge is 0.337 e. The Morgan fingerprint density at radius 3 is 2.57 bits per heavy atom. The van der Waals surface area contributed by atoms with Gasteiger partial charge in [-0.1, -0.05) is 32.0 Å². The summed E-state index contributed by atoms with van der Waals surface area (Å²) in [5, 5.41) is 7.26. The number of carbonyl (C=O) groups excluding carboxylic acids is 1. The van der Waals surface area contributed by atoms with Gasteiger partial charge < -0.3 is 4.90 Å². The number of likely N-dealkylation sites (tertiary alicyclic amines) is 1. The fraction of sp³-hybridized carbons (Fsp3) is 0.545. The summed E-state index contributed by atoms with van der Waals surface area (Å²) in [6.07, 6.45) is -3.32. The molecule has 4 rings (SSSR count). The number of fused-ring (bicyclic) bond motifs is 1. The number of hydrogen-bond acceptors (Lipinski definition) is 3. The van der Waals surface area contributed by atoms with Gasteiger partial charge in [-0.25, -0.2) is 0 Å². The molecule has 1 amide bonds. The number of aromatic nitrogens is 2. The first-order valence-electron chi connectivity index (χ1n) is 10.5. The molecule has 8 heteroatoms. The number of alkyl halides is 3. The summed E-state index contributed by atoms with van der Waals surface area (Å²) in [6, 6.07) is 5.78. The van der Waals surface area contributed by atoms with Crippen LogP contribution in [0.1, 0.15) is 65.5 Å². The van der Waals surface area contributed by atoms with E-state index >= 15 is 0 Å². The van der Waals surface area contributed by atoms with Crippen molar-refractivity contribution in [1.82, 2.24) is 20.0 Å². The van der Waals surface area contributed by atoms with Crippen LogP contribution in [0.5, 0.6) is 0 Å². The highest BCUT2D eigenvalue weighted by Crippen LogP contribution is 2.39. The van der Waals surface area contributed by atoms with Crippen LogP contribution in [0.25, 0.3) is 0 Å². The van der Waals surface area contributed by atoms with E-state index in [0.717, 1.165) is 30.4 Å². The van der Waals surface area contributed by atoms with Crippen molar-refractivity contribution < 1.29 is 18.0 Å². The molecule has 2 aromatic rings. The van der Waals surface area contributed by atoms with Crippen LogP contribution < -0.4 is 0 Å². The average molecular weight is 420 g/mol. The Labute approximate surface area is 174 Å². The second-order valence-corrected chi connectivity index (χ2v) is 8.74. The molecule has 1 aromatic carbocycles. The second kappa shape index (κ2) is 8.06. The van der Waals surface area contributed by atoms with Gasteiger partial charge in [-0.3, -0.25) is 14.8 Å². The van der Waals surface area contributed by atoms with Gasteiger partial charge in [-0.2, -0.15) is 18.3 Å². The summed E-state index contributed by atoms with van der Waals surface area (Å²) in [5.74, 6) is 0.222. The number of hydrogen-bond donors (Lipinski definition) is 1. The first-order chi connectivity index (χ1) is 14.2. The van der Waals surface area contributed by atoms with Crippen molar-refractivity contribution in [3.63, 3.8) is 0 Å². The fourth-order valence-corrected chi connectivity index (χ4v) is 4.68. The Balaban J connectivity index is 1.43. The molecule has 0 saturated carbocycles. The monoisotopic (exact) mass is 420 g/mol. The molecule has 1 fully saturated rings. The number of nitrogens with one attached hydrogen (secondary N) is 1. The lowest BCUT2D eigenvalue weighted by Crippen LogP contribution is -2.39. The van der Waals surface area contributed by atoms with Gasteiger partial charge in [0.25, 0.3) is 5.91 Å². The molecule has 0 aliphatic carbocycles. The molecule has 0 bridgehead atoms. The predicted octanol–water partition coefficient (Wildman–Crippen LogP) is 4.42. The minimum absolute atomic E-state index is 0.124. The lowest BCUT2D eigenvalue weighted by atomic mass is 9.86. The zero-order valence-corrected chi connectivity index (χ0v) is 17.3. The lowest BCUT2D eigenvalue weighted by Gasteiger charge is -2.33. The van der Waals surface area contributed by atoms with Gasteiger partial charge in [0.2, 0.25) is 0 Å². The Bertz CT molecular complexity index is 913. The molecule has 0 spiro atoms. The number of piperidine rings is 1. The SMILES string of the molecule is CC(C)CN1Cc2[nH]nc(C(=O)N3CCC(c4ccccc4C(F)(F)F)CC3)c2C1. The third-order valence-corrected chi connectivity index (χ3v) is 6.03. The van der Waals surface area contributed by atoms with Crippen molar-refractivity contribution in [3.05, 3.63) is 52.3 Å². The molecule has 162 valence electrons. The van der Waals surface area contributed by atoms with Gasteiger partial charge in [-0.05, 0) is 36.3 Å². The minimum atomic E-state index is -4.36. The number of nitrogens with zero attached hydrogens (tertiary/aromatic N) is 3. The van der Waals surface area contributed by atoms with Crippen LogP contribution >= 0.6 is 0 Å². The number of H-pyrrole nitrogens is 1. The van der Waals surface area contributed by atoms with Crippen LogP contribution in [0.15, 0.2) is 24.3 Å². The molecule has 2 aliphatic rings. The van der Waals surface area contributed by atoms with E-state index in [1.54, 1.807) is 17.0 Å². The molecular weight excluding hydrogens is 393 g/mol. The van der Waals surface area contributed by atoms with E-state index in [0.29, 0.717) is 49.7 Å². The maximum Gasteiger partial charge on any atom is 0.416 e. The largest absolute Gasteiger partial charge is 0.416 e. The number of rotatable bonds is 4. The standard InChI is InChI=1S/C22H27F3N4O/c1-14(2)11-28-12-17-19(13-28)26-27-20(17)21(30)29-9-7-15(8-10-29)16-5-3-4-6-18(16)22(23,24)25/h3-6,14-15H,7-13H2,1-2H3,(H,26,27). The molecule has 1 N–H and O–H groups in total. The zero-order chi connectivity index (χ0) is 21.5. The molecule has 5 nitrogen and oxygen atoms in total. The third kappa shape index (κ3) is 4.10. The molecule has 3 heterocycles. The van der Waals surface area contributed by atoms with Gasteiger partial charge in [0.05, 0.1) is 11.3 Å². The fourth-order valence-electron chi connectivity index (χ4n) is 4.68. The van der Waals surface area contributed by atoms with Crippen LogP contribution in [0, 0.1) is 5.92 Å². The van der Waals surface area contributed by atoms with Crippen molar-refractivity contribution in [2.75, 3.05) is 19.6 Å². The number of benzene rings is 1. The molecule has 0 radical (unpaired) electrons. The molecule has 0 atom stereocenters. The summed E-state index contributed by atoms with van der Waals surface area (Å²) in [4.78, 5) is 17.1. The van der Waals surface area contributed by atoms with Gasteiger partial charge in [0.15, 0.2) is 5.69 Å². The molecule has 1 saturated heterocycles. The Kier molecular flexibility index (Phi) is 5.61. The number of amides is 1. The minimum Gasteiger partial charge on any atom is -0.337 e. The van der Waals surface area contributed by atoms with Crippen LogP contribution in [-0.2, 0) is 19.3 Å². The normalized spacial score (nSPS) is 18.3. The highest BCUT2D eigenvalue weighted by molar-refractivity contribution is 5.94. The Hall–Kier alpha value is -2.35. The predicted molar refractivity (Wildman–Crippen MR) is 107 cm³/mol. The van der Waals surface area contributed by atoms with E-state index in [1.807, 2.05) is 0 Å². The summed E-state index contributed by atoms with van der Waals surface area (Å²) in [6.45, 7) is 7.64. The van der Waals surface area contributed by atoms with E-state index in [4.69, 9.17) is 0 Å². The molecular formula is C22H27F3N4O.